The van der Waals surface area contributed by atoms with Gasteiger partial charge < -0.3 is 28.4 Å². The molecule has 1 amide bonds. The highest BCUT2D eigenvalue weighted by Gasteiger charge is 2.47. The summed E-state index contributed by atoms with van der Waals surface area (Å²) in [4.78, 5) is 28.3. The molecule has 2 fully saturated rings. The molecule has 0 aromatic carbocycles. The number of hydrogen-bond acceptors (Lipinski definition) is 12. The molecule has 18 heteroatoms. The maximum Gasteiger partial charge on any atom is 0.410 e. The zero-order valence-corrected chi connectivity index (χ0v) is 43.2. The van der Waals surface area contributed by atoms with Crippen molar-refractivity contribution in [2.75, 3.05) is 37.8 Å². The molecule has 0 N–H and O–H groups in total. The Morgan fingerprint density at radius 1 is 0.898 bits per heavy atom. The number of thiazole rings is 1. The van der Waals surface area contributed by atoms with Crippen molar-refractivity contribution in [1.29, 1.82) is 0 Å². The molecular formula is C41H72N6O7S2Si3. The second-order valence-corrected chi connectivity index (χ2v) is 40.7. The fraction of sp³-hybridized carbons (Fsp3) is 0.756. The lowest BCUT2D eigenvalue weighted by atomic mass is 9.88. The second-order valence-electron chi connectivity index (χ2n) is 21.6. The predicted octanol–water partition coefficient (Wildman–Crippen LogP) is 9.85. The quantitative estimate of drug-likeness (QED) is 0.0727. The van der Waals surface area contributed by atoms with E-state index in [-0.39, 0.29) is 47.5 Å². The van der Waals surface area contributed by atoms with Gasteiger partial charge in [0.2, 0.25) is 0 Å². The number of ether oxygens (including phenoxy) is 3. The summed E-state index contributed by atoms with van der Waals surface area (Å²) >= 11 is 1.54. The Morgan fingerprint density at radius 2 is 1.46 bits per heavy atom. The smallest absolute Gasteiger partial charge is 0.410 e. The van der Waals surface area contributed by atoms with Crippen molar-refractivity contribution in [2.24, 2.45) is 0 Å². The lowest BCUT2D eigenvalue weighted by Gasteiger charge is -2.40. The molecule has 332 valence electrons. The molecule has 3 aromatic rings. The molecule has 0 saturated carbocycles. The van der Waals surface area contributed by atoms with Gasteiger partial charge in [-0.2, -0.15) is 9.61 Å². The number of carbonyl (C=O) groups excluding carboxylic acids is 1. The molecule has 2 atom stereocenters. The molecule has 2 saturated heterocycles. The topological polar surface area (TPSA) is 138 Å². The van der Waals surface area contributed by atoms with Crippen molar-refractivity contribution >= 4 is 63.2 Å². The van der Waals surface area contributed by atoms with E-state index < -0.39 is 39.9 Å². The van der Waals surface area contributed by atoms with Crippen molar-refractivity contribution in [1.82, 2.24) is 24.5 Å². The first-order valence-electron chi connectivity index (χ1n) is 21.2. The Hall–Kier alpha value is -2.20. The average Bonchev–Trinajstić information content (AvgIpc) is 3.79. The van der Waals surface area contributed by atoms with Gasteiger partial charge in [-0.3, -0.25) is 0 Å². The van der Waals surface area contributed by atoms with Gasteiger partial charge in [0.05, 0.1) is 28.9 Å². The Morgan fingerprint density at radius 3 is 1.95 bits per heavy atom. The summed E-state index contributed by atoms with van der Waals surface area (Å²) in [6, 6.07) is 1.74. The second kappa shape index (κ2) is 17.9. The Balaban J connectivity index is 1.64. The van der Waals surface area contributed by atoms with Crippen LogP contribution in [0, 0.1) is 0 Å². The van der Waals surface area contributed by atoms with Crippen LogP contribution in [0.3, 0.4) is 0 Å². The van der Waals surface area contributed by atoms with Crippen molar-refractivity contribution in [3.8, 4) is 10.4 Å². The summed E-state index contributed by atoms with van der Waals surface area (Å²) in [5.41, 5.74) is 1.18. The van der Waals surface area contributed by atoms with E-state index in [0.29, 0.717) is 49.8 Å². The number of aromatic nitrogens is 4. The van der Waals surface area contributed by atoms with Gasteiger partial charge in [-0.1, -0.05) is 60.1 Å². The minimum absolute atomic E-state index is 0.0643. The maximum atomic E-state index is 14.3. The standard InChI is InChI=1S/C41H72N6O7S2Si3/c1-40(2,3)54-39(48)46-30-16-17-31(46)23-29(22-30)35-36(56(7,49)50)38(45(27-51-18-20-57(8,9)10)28-52-19-21-58(11,12)13)47-37(44-35)32(24-43-47)33-25-42-34(55-33)26-53-59(14,15)41(4,5)6/h24-25,29-31H,16-23,26-28H2,1-15H3. The molecule has 59 heavy (non-hydrogen) atoms. The molecule has 2 aliphatic heterocycles. The van der Waals surface area contributed by atoms with E-state index in [4.69, 9.17) is 33.7 Å². The molecule has 0 aliphatic carbocycles. The Labute approximate surface area is 361 Å². The summed E-state index contributed by atoms with van der Waals surface area (Å²) < 4.78 is 55.4. The molecular weight excluding hydrogens is 837 g/mol. The Kier molecular flexibility index (Phi) is 14.5. The third-order valence-electron chi connectivity index (χ3n) is 11.7. The van der Waals surface area contributed by atoms with Gasteiger partial charge in [-0.05, 0) is 76.7 Å². The highest BCUT2D eigenvalue weighted by molar-refractivity contribution is 7.91. The molecule has 3 aromatic heterocycles. The summed E-state index contributed by atoms with van der Waals surface area (Å²) in [6.45, 7) is 32.4. The summed E-state index contributed by atoms with van der Waals surface area (Å²) in [5, 5.41) is 5.81. The lowest BCUT2D eigenvalue weighted by Crippen LogP contribution is -2.48. The first-order chi connectivity index (χ1) is 27.0. The first-order valence-corrected chi connectivity index (χ1v) is 34.2. The van der Waals surface area contributed by atoms with Gasteiger partial charge >= 0.3 is 6.09 Å². The lowest BCUT2D eigenvalue weighted by molar-refractivity contribution is 0.00557. The molecule has 0 radical (unpaired) electrons. The average molecular weight is 909 g/mol. The molecule has 2 aliphatic rings. The van der Waals surface area contributed by atoms with Crippen LogP contribution in [0.4, 0.5) is 10.6 Å². The maximum absolute atomic E-state index is 14.3. The molecule has 5 heterocycles. The van der Waals surface area contributed by atoms with Gasteiger partial charge in [0.1, 0.15) is 29.0 Å². The number of nitrogens with zero attached hydrogens (tertiary/aromatic N) is 6. The SMILES string of the molecule is CC(C)(C)OC(=O)N1C2CCC1CC(c1nc3c(-c4cnc(CO[Si](C)(C)C(C)(C)C)s4)cnn3c(N(COCC[Si](C)(C)C)COCC[Si](C)(C)C)c1S(C)(=O)=O)C2. The number of fused-ring (bicyclic) bond motifs is 3. The first kappa shape index (κ1) is 47.8. The zero-order valence-electron chi connectivity index (χ0n) is 38.5. The van der Waals surface area contributed by atoms with Gasteiger partial charge in [-0.15, -0.1) is 11.3 Å². The molecule has 5 rings (SSSR count). The number of amides is 1. The normalized spacial score (nSPS) is 19.5. The molecule has 13 nitrogen and oxygen atoms in total. The molecule has 0 spiro atoms. The fourth-order valence-electron chi connectivity index (χ4n) is 7.30. The van der Waals surface area contributed by atoms with E-state index in [1.54, 1.807) is 22.0 Å². The van der Waals surface area contributed by atoms with Crippen LogP contribution in [-0.2, 0) is 35.1 Å². The number of sulfone groups is 1. The van der Waals surface area contributed by atoms with E-state index in [9.17, 15) is 13.2 Å². The van der Waals surface area contributed by atoms with Crippen LogP contribution in [0.15, 0.2) is 17.3 Å². The highest BCUT2D eigenvalue weighted by Crippen LogP contribution is 2.47. The van der Waals surface area contributed by atoms with E-state index in [1.165, 1.54) is 6.26 Å². The zero-order chi connectivity index (χ0) is 43.9. The third kappa shape index (κ3) is 12.3. The van der Waals surface area contributed by atoms with Gasteiger partial charge in [0.15, 0.2) is 29.6 Å². The van der Waals surface area contributed by atoms with Crippen molar-refractivity contribution in [3.05, 3.63) is 23.1 Å². The summed E-state index contributed by atoms with van der Waals surface area (Å²) in [6.07, 6.45) is 7.33. The van der Waals surface area contributed by atoms with Crippen LogP contribution in [-0.4, -0.2) is 114 Å². The summed E-state index contributed by atoms with van der Waals surface area (Å²) in [7, 11) is -8.74. The van der Waals surface area contributed by atoms with Crippen LogP contribution >= 0.6 is 11.3 Å². The molecule has 2 unspecified atom stereocenters. The van der Waals surface area contributed by atoms with Crippen molar-refractivity contribution in [2.45, 2.75) is 172 Å². The fourth-order valence-corrected chi connectivity index (χ4v) is 11.8. The predicted molar refractivity (Wildman–Crippen MR) is 246 cm³/mol. The number of hydrogen-bond donors (Lipinski definition) is 0. The Bertz CT molecular complexity index is 2010. The number of anilines is 1. The number of rotatable bonds is 17. The van der Waals surface area contributed by atoms with E-state index in [1.807, 2.05) is 36.8 Å². The van der Waals surface area contributed by atoms with Gasteiger partial charge in [-0.25, -0.2) is 23.2 Å². The van der Waals surface area contributed by atoms with Crippen LogP contribution < -0.4 is 4.90 Å². The minimum atomic E-state index is -3.90. The monoisotopic (exact) mass is 908 g/mol. The van der Waals surface area contributed by atoms with Crippen LogP contribution in [0.5, 0.6) is 0 Å². The van der Waals surface area contributed by atoms with Crippen molar-refractivity contribution < 1.29 is 31.8 Å². The van der Waals surface area contributed by atoms with Crippen molar-refractivity contribution in [3.63, 3.8) is 0 Å². The molecule has 2 bridgehead atoms. The van der Waals surface area contributed by atoms with E-state index in [2.05, 4.69) is 73.1 Å². The van der Waals surface area contributed by atoms with E-state index in [0.717, 1.165) is 40.4 Å². The van der Waals surface area contributed by atoms with Crippen LogP contribution in [0.2, 0.25) is 69.5 Å². The minimum Gasteiger partial charge on any atom is -0.444 e. The largest absolute Gasteiger partial charge is 0.444 e. The number of piperidine rings is 1. The van der Waals surface area contributed by atoms with Gasteiger partial charge in [0, 0.05) is 59.8 Å². The van der Waals surface area contributed by atoms with Crippen LogP contribution in [0.25, 0.3) is 16.1 Å². The highest BCUT2D eigenvalue weighted by atomic mass is 32.2. The van der Waals surface area contributed by atoms with Gasteiger partial charge in [0.25, 0.3) is 0 Å². The van der Waals surface area contributed by atoms with E-state index >= 15 is 0 Å². The summed E-state index contributed by atoms with van der Waals surface area (Å²) in [5.74, 6) is 0.146. The number of carbonyl (C=O) groups is 1. The third-order valence-corrected chi connectivity index (χ3v) is 21.7. The van der Waals surface area contributed by atoms with Crippen LogP contribution in [0.1, 0.15) is 83.8 Å².